The van der Waals surface area contributed by atoms with Crippen LogP contribution in [-0.4, -0.2) is 16.9 Å². The van der Waals surface area contributed by atoms with Gasteiger partial charge in [-0.2, -0.15) is 13.2 Å². The van der Waals surface area contributed by atoms with Crippen molar-refractivity contribution < 1.29 is 18.0 Å². The van der Waals surface area contributed by atoms with Crippen molar-refractivity contribution in [2.24, 2.45) is 10.7 Å². The lowest BCUT2D eigenvalue weighted by Gasteiger charge is -2.10. The minimum absolute atomic E-state index is 0.145. The van der Waals surface area contributed by atoms with Gasteiger partial charge in [0.2, 0.25) is 0 Å². The van der Waals surface area contributed by atoms with Crippen LogP contribution in [0.2, 0.25) is 0 Å². The first-order valence-electron chi connectivity index (χ1n) is 7.54. The third kappa shape index (κ3) is 4.18. The summed E-state index contributed by atoms with van der Waals surface area (Å²) in [5.74, 6) is 0.519. The molecule has 0 aliphatic carbocycles. The van der Waals surface area contributed by atoms with Crippen LogP contribution >= 0.6 is 0 Å². The predicted molar refractivity (Wildman–Crippen MR) is 92.5 cm³/mol. The molecule has 1 aliphatic heterocycles. The number of amides is 2. The second-order valence-electron chi connectivity index (χ2n) is 5.54. The molecule has 2 heterocycles. The number of urea groups is 1. The average Bonchev–Trinajstić information content (AvgIpc) is 3.01. The Kier molecular flexibility index (Phi) is 4.61. The molecule has 0 unspecified atom stereocenters. The lowest BCUT2D eigenvalue weighted by atomic mass is 10.0. The zero-order valence-electron chi connectivity index (χ0n) is 13.3. The van der Waals surface area contributed by atoms with Gasteiger partial charge < -0.3 is 16.4 Å². The van der Waals surface area contributed by atoms with Gasteiger partial charge in [0.15, 0.2) is 0 Å². The maximum atomic E-state index is 12.5. The summed E-state index contributed by atoms with van der Waals surface area (Å²) in [6, 6.07) is 8.41. The van der Waals surface area contributed by atoms with Crippen molar-refractivity contribution in [1.29, 1.82) is 0 Å². The predicted octanol–water partition coefficient (Wildman–Crippen LogP) is 3.85. The largest absolute Gasteiger partial charge is 0.433 e. The second kappa shape index (κ2) is 6.87. The highest BCUT2D eigenvalue weighted by atomic mass is 19.4. The van der Waals surface area contributed by atoms with Gasteiger partial charge in [-0.1, -0.05) is 12.1 Å². The van der Waals surface area contributed by atoms with Crippen LogP contribution < -0.4 is 16.4 Å². The number of aliphatic imine (C=N–C) groups is 1. The molecule has 1 aromatic carbocycles. The van der Waals surface area contributed by atoms with E-state index in [1.807, 2.05) is 6.07 Å². The maximum absolute atomic E-state index is 12.5. The zero-order chi connectivity index (χ0) is 18.7. The summed E-state index contributed by atoms with van der Waals surface area (Å²) in [7, 11) is 0. The molecule has 0 bridgehead atoms. The fraction of sp³-hybridized carbons (Fsp3) is 0.118. The van der Waals surface area contributed by atoms with Crippen LogP contribution in [-0.2, 0) is 6.18 Å². The average molecular weight is 361 g/mol. The second-order valence-corrected chi connectivity index (χ2v) is 5.54. The molecule has 2 amide bonds. The number of alkyl halides is 3. The molecule has 0 radical (unpaired) electrons. The summed E-state index contributed by atoms with van der Waals surface area (Å²) in [4.78, 5) is 19.3. The van der Waals surface area contributed by atoms with Crippen LogP contribution in [0.1, 0.15) is 17.7 Å². The highest BCUT2D eigenvalue weighted by Gasteiger charge is 2.32. The van der Waals surface area contributed by atoms with Crippen molar-refractivity contribution in [1.82, 2.24) is 4.98 Å². The van der Waals surface area contributed by atoms with E-state index in [1.165, 1.54) is 0 Å². The number of pyridine rings is 1. The summed E-state index contributed by atoms with van der Waals surface area (Å²) in [6.45, 7) is 0. The number of nitrogens with zero attached hydrogens (tertiary/aromatic N) is 2. The van der Waals surface area contributed by atoms with Crippen LogP contribution in [0, 0.1) is 0 Å². The molecular formula is C17H14F3N5O. The van der Waals surface area contributed by atoms with Gasteiger partial charge in [-0.15, -0.1) is 0 Å². The van der Waals surface area contributed by atoms with Crippen LogP contribution in [0.4, 0.5) is 29.3 Å². The third-order valence-corrected chi connectivity index (χ3v) is 3.56. The van der Waals surface area contributed by atoms with Crippen molar-refractivity contribution in [3.8, 4) is 0 Å². The fourth-order valence-corrected chi connectivity index (χ4v) is 2.35. The summed E-state index contributed by atoms with van der Waals surface area (Å²) in [5, 5.41) is 5.04. The van der Waals surface area contributed by atoms with Crippen molar-refractivity contribution in [3.05, 3.63) is 60.1 Å². The summed E-state index contributed by atoms with van der Waals surface area (Å²) in [5.41, 5.74) is 7.08. The van der Waals surface area contributed by atoms with Crippen molar-refractivity contribution in [3.63, 3.8) is 0 Å². The van der Waals surface area contributed by atoms with E-state index in [0.29, 0.717) is 17.9 Å². The topological polar surface area (TPSA) is 92.4 Å². The Labute approximate surface area is 146 Å². The molecule has 0 saturated heterocycles. The van der Waals surface area contributed by atoms with Gasteiger partial charge in [0.05, 0.1) is 11.9 Å². The molecule has 0 saturated carbocycles. The van der Waals surface area contributed by atoms with E-state index in [0.717, 1.165) is 29.5 Å². The number of halogens is 3. The van der Waals surface area contributed by atoms with E-state index in [4.69, 9.17) is 5.73 Å². The quantitative estimate of drug-likeness (QED) is 0.775. The number of hydrogen-bond donors (Lipinski definition) is 3. The van der Waals surface area contributed by atoms with Crippen LogP contribution in [0.15, 0.2) is 53.8 Å². The van der Waals surface area contributed by atoms with E-state index >= 15 is 0 Å². The van der Waals surface area contributed by atoms with Crippen LogP contribution in [0.3, 0.4) is 0 Å². The minimum Gasteiger partial charge on any atom is -0.387 e. The SMILES string of the molecule is NC1=NC=C(c2cccc(NC(=O)Nc3ccc(C(F)(F)F)nc3)c2)C1. The lowest BCUT2D eigenvalue weighted by molar-refractivity contribution is -0.141. The number of rotatable bonds is 3. The molecule has 0 fully saturated rings. The molecule has 1 aromatic heterocycles. The third-order valence-electron chi connectivity index (χ3n) is 3.56. The molecule has 2 aromatic rings. The number of nitrogens with two attached hydrogens (primary N) is 1. The molecule has 9 heteroatoms. The minimum atomic E-state index is -4.52. The van der Waals surface area contributed by atoms with Gasteiger partial charge in [-0.3, -0.25) is 0 Å². The number of amidine groups is 1. The van der Waals surface area contributed by atoms with Gasteiger partial charge in [0.1, 0.15) is 11.5 Å². The van der Waals surface area contributed by atoms with E-state index in [9.17, 15) is 18.0 Å². The van der Waals surface area contributed by atoms with Crippen molar-refractivity contribution in [2.75, 3.05) is 10.6 Å². The Hall–Kier alpha value is -3.36. The Morgan fingerprint density at radius 3 is 2.50 bits per heavy atom. The van der Waals surface area contributed by atoms with E-state index in [2.05, 4.69) is 20.6 Å². The van der Waals surface area contributed by atoms with Gasteiger partial charge in [0, 0.05) is 18.3 Å². The van der Waals surface area contributed by atoms with E-state index < -0.39 is 17.9 Å². The molecule has 0 spiro atoms. The van der Waals surface area contributed by atoms with Crippen molar-refractivity contribution in [2.45, 2.75) is 12.6 Å². The number of aromatic nitrogens is 1. The Bertz CT molecular complexity index is 888. The van der Waals surface area contributed by atoms with Crippen LogP contribution in [0.5, 0.6) is 0 Å². The Morgan fingerprint density at radius 1 is 1.12 bits per heavy atom. The van der Waals surface area contributed by atoms with E-state index in [-0.39, 0.29) is 5.69 Å². The van der Waals surface area contributed by atoms with Gasteiger partial charge in [-0.05, 0) is 35.4 Å². The molecule has 26 heavy (non-hydrogen) atoms. The maximum Gasteiger partial charge on any atom is 0.433 e. The molecule has 4 N–H and O–H groups in total. The molecule has 3 rings (SSSR count). The number of hydrogen-bond acceptors (Lipinski definition) is 4. The van der Waals surface area contributed by atoms with Gasteiger partial charge >= 0.3 is 12.2 Å². The molecule has 0 atom stereocenters. The summed E-state index contributed by atoms with van der Waals surface area (Å²) >= 11 is 0. The normalized spacial score (nSPS) is 13.8. The highest BCUT2D eigenvalue weighted by molar-refractivity contribution is 6.00. The van der Waals surface area contributed by atoms with Gasteiger partial charge in [-0.25, -0.2) is 14.8 Å². The molecule has 6 nitrogen and oxygen atoms in total. The number of benzene rings is 1. The number of carbonyl (C=O) groups excluding carboxylic acids is 1. The summed E-state index contributed by atoms with van der Waals surface area (Å²) in [6.07, 6.45) is -1.37. The smallest absolute Gasteiger partial charge is 0.387 e. The zero-order valence-corrected chi connectivity index (χ0v) is 13.3. The van der Waals surface area contributed by atoms with Crippen molar-refractivity contribution >= 4 is 28.8 Å². The van der Waals surface area contributed by atoms with Crippen LogP contribution in [0.25, 0.3) is 5.57 Å². The number of carbonyl (C=O) groups is 1. The van der Waals surface area contributed by atoms with Gasteiger partial charge in [0.25, 0.3) is 0 Å². The standard InChI is InChI=1S/C17H14F3N5O/c18-17(19,20)14-5-4-13(9-22-14)25-16(26)24-12-3-1-2-10(6-12)11-7-15(21)23-8-11/h1-6,8-9H,7H2,(H2,21,23)(H2,24,25,26). The fourth-order valence-electron chi connectivity index (χ4n) is 2.35. The molecule has 134 valence electrons. The monoisotopic (exact) mass is 361 g/mol. The Morgan fingerprint density at radius 2 is 1.88 bits per heavy atom. The first-order valence-corrected chi connectivity index (χ1v) is 7.54. The molecule has 1 aliphatic rings. The number of anilines is 2. The Balaban J connectivity index is 1.63. The lowest BCUT2D eigenvalue weighted by Crippen LogP contribution is -2.20. The number of nitrogens with one attached hydrogen (secondary N) is 2. The molecular weight excluding hydrogens is 347 g/mol. The first-order chi connectivity index (χ1) is 12.3. The summed E-state index contributed by atoms with van der Waals surface area (Å²) < 4.78 is 37.4. The first kappa shape index (κ1) is 17.5. The highest BCUT2D eigenvalue weighted by Crippen LogP contribution is 2.28. The van der Waals surface area contributed by atoms with E-state index in [1.54, 1.807) is 24.4 Å².